The normalized spacial score (nSPS) is 34.5. The van der Waals surface area contributed by atoms with E-state index in [0.717, 1.165) is 45.9 Å². The minimum atomic E-state index is 0.0577. The van der Waals surface area contributed by atoms with Crippen molar-refractivity contribution in [2.24, 2.45) is 17.8 Å². The van der Waals surface area contributed by atoms with Crippen LogP contribution >= 0.6 is 0 Å². The Morgan fingerprint density at radius 3 is 1.86 bits per heavy atom. The first-order chi connectivity index (χ1) is 13.7. The zero-order valence-electron chi connectivity index (χ0n) is 17.3. The van der Waals surface area contributed by atoms with Gasteiger partial charge in [0.15, 0.2) is 0 Å². The largest absolute Gasteiger partial charge is 0.378 e. The molecule has 7 heteroatoms. The van der Waals surface area contributed by atoms with Crippen molar-refractivity contribution in [2.45, 2.75) is 57.2 Å². The molecule has 4 heterocycles. The van der Waals surface area contributed by atoms with E-state index in [1.54, 1.807) is 0 Å². The Morgan fingerprint density at radius 1 is 0.750 bits per heavy atom. The standard InChI is InChI=1S/C21H36O7/c1-14(5-22-6-17-9-25-17)20(4-3-16-8-24-16)15(2)21(28-12-19-11-27-19)13-23-7-18-10-26-18/h14-21H,3-13H2,1-2H3. The summed E-state index contributed by atoms with van der Waals surface area (Å²) in [7, 11) is 0. The van der Waals surface area contributed by atoms with E-state index in [-0.39, 0.29) is 18.3 Å². The quantitative estimate of drug-likeness (QED) is 0.344. The molecule has 0 amide bonds. The summed E-state index contributed by atoms with van der Waals surface area (Å²) in [5, 5.41) is 0. The van der Waals surface area contributed by atoms with Gasteiger partial charge < -0.3 is 33.2 Å². The van der Waals surface area contributed by atoms with Crippen LogP contribution in [0, 0.1) is 17.8 Å². The van der Waals surface area contributed by atoms with E-state index in [1.165, 1.54) is 0 Å². The minimum Gasteiger partial charge on any atom is -0.378 e. The lowest BCUT2D eigenvalue weighted by molar-refractivity contribution is -0.0721. The average molecular weight is 401 g/mol. The van der Waals surface area contributed by atoms with E-state index >= 15 is 0 Å². The van der Waals surface area contributed by atoms with Gasteiger partial charge in [0.25, 0.3) is 0 Å². The summed E-state index contributed by atoms with van der Waals surface area (Å²) < 4.78 is 39.4. The Kier molecular flexibility index (Phi) is 7.61. The van der Waals surface area contributed by atoms with Crippen LogP contribution in [0.25, 0.3) is 0 Å². The molecule has 0 radical (unpaired) electrons. The van der Waals surface area contributed by atoms with Gasteiger partial charge in [-0.1, -0.05) is 13.8 Å². The van der Waals surface area contributed by atoms with Crippen molar-refractivity contribution < 1.29 is 33.2 Å². The average Bonchev–Trinajstić information content (AvgIpc) is 3.53. The maximum absolute atomic E-state index is 6.25. The van der Waals surface area contributed by atoms with Crippen molar-refractivity contribution in [3.8, 4) is 0 Å². The molecule has 0 N–H and O–H groups in total. The first-order valence-corrected chi connectivity index (χ1v) is 10.9. The molecule has 0 spiro atoms. The number of rotatable bonds is 17. The van der Waals surface area contributed by atoms with Crippen molar-refractivity contribution in [3.05, 3.63) is 0 Å². The van der Waals surface area contributed by atoms with Crippen molar-refractivity contribution >= 4 is 0 Å². The summed E-state index contributed by atoms with van der Waals surface area (Å²) in [6.07, 6.45) is 3.60. The second-order valence-corrected chi connectivity index (χ2v) is 8.85. The van der Waals surface area contributed by atoms with Crippen LogP contribution in [-0.4, -0.2) is 90.0 Å². The third kappa shape index (κ3) is 7.52. The van der Waals surface area contributed by atoms with E-state index in [0.29, 0.717) is 56.4 Å². The van der Waals surface area contributed by atoms with E-state index in [9.17, 15) is 0 Å². The van der Waals surface area contributed by atoms with Crippen LogP contribution in [0.5, 0.6) is 0 Å². The summed E-state index contributed by atoms with van der Waals surface area (Å²) in [5.41, 5.74) is 0. The Balaban J connectivity index is 1.29. The fraction of sp³-hybridized carbons (Fsp3) is 1.00. The second kappa shape index (κ2) is 10.2. The summed E-state index contributed by atoms with van der Waals surface area (Å²) in [5.74, 6) is 1.31. The van der Waals surface area contributed by atoms with Gasteiger partial charge in [0.1, 0.15) is 18.3 Å². The molecule has 0 aromatic carbocycles. The van der Waals surface area contributed by atoms with Gasteiger partial charge >= 0.3 is 0 Å². The lowest BCUT2D eigenvalue weighted by atomic mass is 9.77. The molecule has 0 saturated carbocycles. The molecule has 4 saturated heterocycles. The number of hydrogen-bond acceptors (Lipinski definition) is 7. The van der Waals surface area contributed by atoms with Crippen molar-refractivity contribution in [1.29, 1.82) is 0 Å². The first kappa shape index (κ1) is 21.0. The van der Waals surface area contributed by atoms with Gasteiger partial charge in [-0.3, -0.25) is 0 Å². The highest BCUT2D eigenvalue weighted by molar-refractivity contribution is 4.83. The monoisotopic (exact) mass is 400 g/mol. The third-order valence-electron chi connectivity index (χ3n) is 6.19. The van der Waals surface area contributed by atoms with Crippen LogP contribution in [0.15, 0.2) is 0 Å². The lowest BCUT2D eigenvalue weighted by Crippen LogP contribution is -2.37. The van der Waals surface area contributed by atoms with E-state index in [2.05, 4.69) is 13.8 Å². The molecule has 0 bridgehead atoms. The molecule has 8 unspecified atom stereocenters. The summed E-state index contributed by atoms with van der Waals surface area (Å²) >= 11 is 0. The highest BCUT2D eigenvalue weighted by Gasteiger charge is 2.35. The topological polar surface area (TPSA) is 77.8 Å². The second-order valence-electron chi connectivity index (χ2n) is 8.85. The van der Waals surface area contributed by atoms with E-state index in [1.807, 2.05) is 0 Å². The van der Waals surface area contributed by atoms with Gasteiger partial charge in [-0.05, 0) is 30.6 Å². The van der Waals surface area contributed by atoms with Crippen LogP contribution in [0.2, 0.25) is 0 Å². The maximum Gasteiger partial charge on any atom is 0.104 e. The highest BCUT2D eigenvalue weighted by Crippen LogP contribution is 2.33. The van der Waals surface area contributed by atoms with E-state index < -0.39 is 0 Å². The Morgan fingerprint density at radius 2 is 1.29 bits per heavy atom. The molecule has 8 atom stereocenters. The maximum atomic E-state index is 6.25. The van der Waals surface area contributed by atoms with Gasteiger partial charge in [0.05, 0.1) is 65.1 Å². The summed E-state index contributed by atoms with van der Waals surface area (Å²) in [4.78, 5) is 0. The Bertz CT molecular complexity index is 460. The zero-order valence-corrected chi connectivity index (χ0v) is 17.3. The first-order valence-electron chi connectivity index (χ1n) is 10.9. The molecule has 0 aromatic rings. The van der Waals surface area contributed by atoms with Gasteiger partial charge in [-0.2, -0.15) is 0 Å². The summed E-state index contributed by atoms with van der Waals surface area (Å²) in [6.45, 7) is 11.4. The molecule has 0 aliphatic carbocycles. The van der Waals surface area contributed by atoms with Crippen molar-refractivity contribution in [3.63, 3.8) is 0 Å². The molecule has 162 valence electrons. The van der Waals surface area contributed by atoms with Crippen LogP contribution < -0.4 is 0 Å². The molecule has 4 rings (SSSR count). The fourth-order valence-electron chi connectivity index (χ4n) is 3.85. The van der Waals surface area contributed by atoms with Crippen molar-refractivity contribution in [1.82, 2.24) is 0 Å². The van der Waals surface area contributed by atoms with Gasteiger partial charge in [0, 0.05) is 6.61 Å². The predicted octanol–water partition coefficient (Wildman–Crippen LogP) is 1.67. The van der Waals surface area contributed by atoms with Gasteiger partial charge in [-0.25, -0.2) is 0 Å². The molecule has 7 nitrogen and oxygen atoms in total. The molecule has 4 aliphatic rings. The molecule has 28 heavy (non-hydrogen) atoms. The SMILES string of the molecule is CC(COCC1CO1)C(CCC1CO1)C(C)C(COCC1CO1)OCC1CO1. The molecule has 4 fully saturated rings. The Labute approximate surface area is 168 Å². The van der Waals surface area contributed by atoms with E-state index in [4.69, 9.17) is 33.2 Å². The molecular weight excluding hydrogens is 364 g/mol. The van der Waals surface area contributed by atoms with Crippen LogP contribution in [0.3, 0.4) is 0 Å². The lowest BCUT2D eigenvalue weighted by Gasteiger charge is -2.35. The van der Waals surface area contributed by atoms with Crippen LogP contribution in [-0.2, 0) is 33.2 Å². The number of epoxide rings is 4. The highest BCUT2D eigenvalue weighted by atomic mass is 16.6. The number of hydrogen-bond donors (Lipinski definition) is 0. The predicted molar refractivity (Wildman–Crippen MR) is 101 cm³/mol. The smallest absolute Gasteiger partial charge is 0.104 e. The minimum absolute atomic E-state index is 0.0577. The van der Waals surface area contributed by atoms with Gasteiger partial charge in [0.2, 0.25) is 0 Å². The summed E-state index contributed by atoms with van der Waals surface area (Å²) in [6, 6.07) is 0. The molecular formula is C21H36O7. The number of ether oxygens (including phenoxy) is 7. The fourth-order valence-corrected chi connectivity index (χ4v) is 3.85. The Hall–Kier alpha value is -0.280. The zero-order chi connectivity index (χ0) is 19.3. The third-order valence-corrected chi connectivity index (χ3v) is 6.19. The van der Waals surface area contributed by atoms with Gasteiger partial charge in [-0.15, -0.1) is 0 Å². The molecule has 0 aromatic heterocycles. The van der Waals surface area contributed by atoms with Crippen LogP contribution in [0.1, 0.15) is 26.7 Å². The van der Waals surface area contributed by atoms with Crippen molar-refractivity contribution in [2.75, 3.05) is 59.5 Å². The van der Waals surface area contributed by atoms with Crippen LogP contribution in [0.4, 0.5) is 0 Å². The molecule has 4 aliphatic heterocycles.